The number of carbonyl (C=O) groups is 1. The van der Waals surface area contributed by atoms with Gasteiger partial charge in [0.1, 0.15) is 0 Å². The van der Waals surface area contributed by atoms with E-state index in [1.807, 2.05) is 0 Å². The number of rotatable bonds is 2. The number of hydrogen-bond acceptors (Lipinski definition) is 1. The summed E-state index contributed by atoms with van der Waals surface area (Å²) in [5, 5.41) is 0. The lowest BCUT2D eigenvalue weighted by Gasteiger charge is -2.36. The summed E-state index contributed by atoms with van der Waals surface area (Å²) in [6, 6.07) is 9.36. The molecule has 118 valence electrons. The van der Waals surface area contributed by atoms with Crippen molar-refractivity contribution in [1.29, 1.82) is 0 Å². The van der Waals surface area contributed by atoms with Gasteiger partial charge in [-0.15, -0.1) is 0 Å². The van der Waals surface area contributed by atoms with E-state index in [4.69, 9.17) is 0 Å². The molecule has 22 heavy (non-hydrogen) atoms. The first-order valence-electron chi connectivity index (χ1n) is 9.15. The molecular formula is C20H27NO. The molecule has 2 aliphatic carbocycles. The van der Waals surface area contributed by atoms with E-state index >= 15 is 0 Å². The highest BCUT2D eigenvalue weighted by Crippen LogP contribution is 2.61. The van der Waals surface area contributed by atoms with E-state index in [2.05, 4.69) is 36.1 Å². The van der Waals surface area contributed by atoms with Gasteiger partial charge < -0.3 is 4.90 Å². The largest absolute Gasteiger partial charge is 0.339 e. The Morgan fingerprint density at radius 1 is 1.27 bits per heavy atom. The van der Waals surface area contributed by atoms with Crippen LogP contribution in [0.5, 0.6) is 0 Å². The number of hydrogen-bond donors (Lipinski definition) is 0. The molecule has 2 heteroatoms. The normalized spacial score (nSPS) is 33.6. The van der Waals surface area contributed by atoms with E-state index in [0.29, 0.717) is 11.9 Å². The topological polar surface area (TPSA) is 20.3 Å². The molecule has 0 unspecified atom stereocenters. The third-order valence-electron chi connectivity index (χ3n) is 6.38. The maximum atomic E-state index is 13.1. The van der Waals surface area contributed by atoms with E-state index in [9.17, 15) is 4.79 Å². The fraction of sp³-hybridized carbons (Fsp3) is 0.650. The molecule has 1 aromatic rings. The number of aryl methyl sites for hydroxylation is 1. The van der Waals surface area contributed by atoms with Gasteiger partial charge in [-0.1, -0.05) is 31.2 Å². The van der Waals surface area contributed by atoms with E-state index in [0.717, 1.165) is 19.4 Å². The summed E-state index contributed by atoms with van der Waals surface area (Å²) >= 11 is 0. The Morgan fingerprint density at radius 2 is 2.14 bits per heavy atom. The van der Waals surface area contributed by atoms with Crippen molar-refractivity contribution < 1.29 is 4.79 Å². The number of piperidine rings is 1. The molecule has 1 saturated carbocycles. The number of carbonyl (C=O) groups excluding carboxylic acids is 1. The van der Waals surface area contributed by atoms with Gasteiger partial charge in [-0.2, -0.15) is 0 Å². The quantitative estimate of drug-likeness (QED) is 0.805. The molecule has 3 aliphatic rings. The molecule has 0 bridgehead atoms. The molecule has 1 heterocycles. The van der Waals surface area contributed by atoms with Gasteiger partial charge in [-0.3, -0.25) is 4.79 Å². The zero-order chi connectivity index (χ0) is 15.2. The number of nitrogens with zero attached hydrogens (tertiary/aromatic N) is 1. The minimum absolute atomic E-state index is 0.196. The van der Waals surface area contributed by atoms with Crippen LogP contribution in [0.15, 0.2) is 24.3 Å². The molecule has 1 aromatic carbocycles. The molecule has 1 amide bonds. The van der Waals surface area contributed by atoms with Crippen LogP contribution in [0.25, 0.3) is 0 Å². The van der Waals surface area contributed by atoms with Crippen LogP contribution in [0.2, 0.25) is 0 Å². The van der Waals surface area contributed by atoms with Gasteiger partial charge in [0.25, 0.3) is 0 Å². The van der Waals surface area contributed by atoms with E-state index in [1.165, 1.54) is 49.7 Å². The molecule has 4 rings (SSSR count). The smallest absolute Gasteiger partial charge is 0.226 e. The van der Waals surface area contributed by atoms with Crippen LogP contribution in [0, 0.1) is 5.92 Å². The number of likely N-dealkylation sites (tertiary alicyclic amines) is 1. The van der Waals surface area contributed by atoms with Crippen molar-refractivity contribution in [2.45, 2.75) is 69.7 Å². The lowest BCUT2D eigenvalue weighted by atomic mass is 9.78. The van der Waals surface area contributed by atoms with Crippen LogP contribution in [-0.4, -0.2) is 23.4 Å². The number of benzene rings is 1. The van der Waals surface area contributed by atoms with Gasteiger partial charge in [-0.05, 0) is 62.5 Å². The summed E-state index contributed by atoms with van der Waals surface area (Å²) in [7, 11) is 0. The lowest BCUT2D eigenvalue weighted by Crippen LogP contribution is -2.45. The molecule has 3 atom stereocenters. The maximum absolute atomic E-state index is 13.1. The van der Waals surface area contributed by atoms with Crippen molar-refractivity contribution >= 4 is 5.91 Å². The van der Waals surface area contributed by atoms with Gasteiger partial charge in [0.05, 0.1) is 0 Å². The zero-order valence-corrected chi connectivity index (χ0v) is 13.7. The first-order chi connectivity index (χ1) is 10.8. The second-order valence-corrected chi connectivity index (χ2v) is 7.51. The van der Waals surface area contributed by atoms with Gasteiger partial charge in [0.2, 0.25) is 5.91 Å². The monoisotopic (exact) mass is 297 g/mol. The number of fused-ring (bicyclic) bond motifs is 2. The molecular weight excluding hydrogens is 270 g/mol. The predicted molar refractivity (Wildman–Crippen MR) is 88.8 cm³/mol. The average molecular weight is 297 g/mol. The highest BCUT2D eigenvalue weighted by molar-refractivity contribution is 5.85. The molecule has 0 aromatic heterocycles. The first-order valence-corrected chi connectivity index (χ1v) is 9.15. The fourth-order valence-electron chi connectivity index (χ4n) is 5.07. The SMILES string of the molecule is CC[C@@H]1CCCCN1C(=O)[C@@H]1C[C@]12CCCc1ccccc12. The van der Waals surface area contributed by atoms with E-state index < -0.39 is 0 Å². The van der Waals surface area contributed by atoms with Crippen molar-refractivity contribution in [2.75, 3.05) is 6.54 Å². The summed E-state index contributed by atoms with van der Waals surface area (Å²) in [6.45, 7) is 3.22. The number of amides is 1. The first kappa shape index (κ1) is 14.3. The second-order valence-electron chi connectivity index (χ2n) is 7.51. The fourth-order valence-corrected chi connectivity index (χ4v) is 5.07. The van der Waals surface area contributed by atoms with Crippen molar-refractivity contribution in [3.63, 3.8) is 0 Å². The van der Waals surface area contributed by atoms with Crippen molar-refractivity contribution in [3.05, 3.63) is 35.4 Å². The maximum Gasteiger partial charge on any atom is 0.226 e. The van der Waals surface area contributed by atoms with Crippen molar-refractivity contribution in [2.24, 2.45) is 5.92 Å². The average Bonchev–Trinajstić information content (AvgIpc) is 3.29. The summed E-state index contributed by atoms with van der Waals surface area (Å²) < 4.78 is 0. The Kier molecular flexibility index (Phi) is 3.51. The third kappa shape index (κ3) is 2.11. The predicted octanol–water partition coefficient (Wildman–Crippen LogP) is 4.07. The summed E-state index contributed by atoms with van der Waals surface area (Å²) in [4.78, 5) is 15.4. The summed E-state index contributed by atoms with van der Waals surface area (Å²) in [5.74, 6) is 0.726. The standard InChI is InChI=1S/C20H27NO/c1-2-16-10-5-6-13-21(16)19(22)18-14-20(18)12-7-9-15-8-3-4-11-17(15)20/h3-4,8,11,16,18H,2,5-7,9-10,12-14H2,1H3/t16-,18+,20+/m1/s1. The molecule has 0 radical (unpaired) electrons. The minimum atomic E-state index is 0.196. The van der Waals surface area contributed by atoms with Crippen LogP contribution in [0.1, 0.15) is 63.0 Å². The summed E-state index contributed by atoms with van der Waals surface area (Å²) in [5.41, 5.74) is 3.18. The third-order valence-corrected chi connectivity index (χ3v) is 6.38. The lowest BCUT2D eigenvalue weighted by molar-refractivity contribution is -0.136. The molecule has 2 fully saturated rings. The van der Waals surface area contributed by atoms with E-state index in [1.54, 1.807) is 0 Å². The molecule has 2 nitrogen and oxygen atoms in total. The Bertz CT molecular complexity index is 581. The Morgan fingerprint density at radius 3 is 3.00 bits per heavy atom. The molecule has 1 saturated heterocycles. The van der Waals surface area contributed by atoms with Crippen molar-refractivity contribution in [1.82, 2.24) is 4.90 Å². The highest BCUT2D eigenvalue weighted by Gasteiger charge is 2.61. The highest BCUT2D eigenvalue weighted by atomic mass is 16.2. The second kappa shape index (κ2) is 5.40. The Labute approximate surface area is 133 Å². The molecule has 1 spiro atoms. The summed E-state index contributed by atoms with van der Waals surface area (Å²) in [6.07, 6.45) is 9.55. The van der Waals surface area contributed by atoms with Crippen LogP contribution >= 0.6 is 0 Å². The Hall–Kier alpha value is -1.31. The van der Waals surface area contributed by atoms with E-state index in [-0.39, 0.29) is 11.3 Å². The van der Waals surface area contributed by atoms with Gasteiger partial charge in [0, 0.05) is 23.9 Å². The van der Waals surface area contributed by atoms with Crippen LogP contribution in [-0.2, 0) is 16.6 Å². The zero-order valence-electron chi connectivity index (χ0n) is 13.7. The molecule has 0 N–H and O–H groups in total. The van der Waals surface area contributed by atoms with Crippen LogP contribution < -0.4 is 0 Å². The van der Waals surface area contributed by atoms with Crippen molar-refractivity contribution in [3.8, 4) is 0 Å². The minimum Gasteiger partial charge on any atom is -0.339 e. The van der Waals surface area contributed by atoms with Gasteiger partial charge in [-0.25, -0.2) is 0 Å². The van der Waals surface area contributed by atoms with Gasteiger partial charge in [0.15, 0.2) is 0 Å². The molecule has 1 aliphatic heterocycles. The van der Waals surface area contributed by atoms with Crippen LogP contribution in [0.4, 0.5) is 0 Å². The Balaban J connectivity index is 1.58. The van der Waals surface area contributed by atoms with Crippen LogP contribution in [0.3, 0.4) is 0 Å². The van der Waals surface area contributed by atoms with Gasteiger partial charge >= 0.3 is 0 Å².